The normalized spacial score (nSPS) is 13.1. The van der Waals surface area contributed by atoms with Crippen LogP contribution in [0.2, 0.25) is 0 Å². The van der Waals surface area contributed by atoms with Gasteiger partial charge in [-0.1, -0.05) is 26.2 Å². The third-order valence-electron chi connectivity index (χ3n) is 2.38. The first-order valence-electron chi connectivity index (χ1n) is 5.20. The van der Waals surface area contributed by atoms with E-state index in [1.54, 1.807) is 0 Å². The van der Waals surface area contributed by atoms with Gasteiger partial charge in [0.05, 0.1) is 6.04 Å². The molecule has 2 nitrogen and oxygen atoms in total. The van der Waals surface area contributed by atoms with E-state index in [0.29, 0.717) is 6.04 Å². The molecule has 1 rings (SSSR count). The SMILES string of the molecule is CCCCCC(NC)c1ccc(Br)o1. The Bertz CT molecular complexity index is 260. The molecule has 0 saturated carbocycles. The summed E-state index contributed by atoms with van der Waals surface area (Å²) in [6.07, 6.45) is 4.95. The summed E-state index contributed by atoms with van der Waals surface area (Å²) in [5, 5.41) is 3.28. The van der Waals surface area contributed by atoms with Crippen LogP contribution in [0.3, 0.4) is 0 Å². The molecule has 1 heterocycles. The molecule has 1 atom stereocenters. The first kappa shape index (κ1) is 11.8. The lowest BCUT2D eigenvalue weighted by atomic mass is 10.1. The van der Waals surface area contributed by atoms with E-state index < -0.39 is 0 Å². The summed E-state index contributed by atoms with van der Waals surface area (Å²) < 4.78 is 6.33. The predicted molar refractivity (Wildman–Crippen MR) is 62.4 cm³/mol. The van der Waals surface area contributed by atoms with Crippen LogP contribution in [-0.4, -0.2) is 7.05 Å². The fraction of sp³-hybridized carbons (Fsp3) is 0.636. The van der Waals surface area contributed by atoms with Crippen LogP contribution in [0.15, 0.2) is 21.2 Å². The van der Waals surface area contributed by atoms with Crippen LogP contribution in [0.1, 0.15) is 44.4 Å². The van der Waals surface area contributed by atoms with Gasteiger partial charge in [-0.25, -0.2) is 0 Å². The van der Waals surface area contributed by atoms with Crippen LogP contribution in [0, 0.1) is 0 Å². The van der Waals surface area contributed by atoms with Crippen molar-refractivity contribution in [2.45, 2.75) is 38.6 Å². The van der Waals surface area contributed by atoms with E-state index in [4.69, 9.17) is 4.42 Å². The molecular formula is C11H18BrNO. The molecule has 3 heteroatoms. The van der Waals surface area contributed by atoms with Gasteiger partial charge >= 0.3 is 0 Å². The molecule has 0 amide bonds. The van der Waals surface area contributed by atoms with Crippen LogP contribution < -0.4 is 5.32 Å². The summed E-state index contributed by atoms with van der Waals surface area (Å²) >= 11 is 3.32. The van der Waals surface area contributed by atoms with Crippen molar-refractivity contribution in [1.29, 1.82) is 0 Å². The topological polar surface area (TPSA) is 25.2 Å². The molecule has 0 aromatic carbocycles. The van der Waals surface area contributed by atoms with Gasteiger partial charge in [0, 0.05) is 0 Å². The Labute approximate surface area is 94.2 Å². The van der Waals surface area contributed by atoms with E-state index in [9.17, 15) is 0 Å². The molecule has 1 unspecified atom stereocenters. The van der Waals surface area contributed by atoms with Gasteiger partial charge in [-0.2, -0.15) is 0 Å². The quantitative estimate of drug-likeness (QED) is 0.785. The van der Waals surface area contributed by atoms with Crippen molar-refractivity contribution in [2.75, 3.05) is 7.05 Å². The molecule has 1 aromatic heterocycles. The zero-order valence-electron chi connectivity index (χ0n) is 8.85. The molecule has 0 saturated heterocycles. The minimum Gasteiger partial charge on any atom is -0.453 e. The molecule has 14 heavy (non-hydrogen) atoms. The Hall–Kier alpha value is -0.280. The Kier molecular flexibility index (Phi) is 5.26. The van der Waals surface area contributed by atoms with Crippen LogP contribution in [0.25, 0.3) is 0 Å². The van der Waals surface area contributed by atoms with E-state index in [1.807, 2.05) is 19.2 Å². The minimum atomic E-state index is 0.354. The highest BCUT2D eigenvalue weighted by Crippen LogP contribution is 2.24. The van der Waals surface area contributed by atoms with Crippen molar-refractivity contribution >= 4 is 15.9 Å². The zero-order chi connectivity index (χ0) is 10.4. The van der Waals surface area contributed by atoms with Gasteiger partial charge in [0.2, 0.25) is 0 Å². The van der Waals surface area contributed by atoms with Crippen molar-refractivity contribution in [3.05, 3.63) is 22.6 Å². The van der Waals surface area contributed by atoms with E-state index in [2.05, 4.69) is 28.2 Å². The van der Waals surface area contributed by atoms with E-state index in [-0.39, 0.29) is 0 Å². The summed E-state index contributed by atoms with van der Waals surface area (Å²) in [5.74, 6) is 1.02. The van der Waals surface area contributed by atoms with Gasteiger partial charge in [0.1, 0.15) is 5.76 Å². The Morgan fingerprint density at radius 1 is 1.43 bits per heavy atom. The molecule has 0 fully saturated rings. The van der Waals surface area contributed by atoms with Crippen molar-refractivity contribution in [1.82, 2.24) is 5.32 Å². The summed E-state index contributed by atoms with van der Waals surface area (Å²) in [6.45, 7) is 2.22. The monoisotopic (exact) mass is 259 g/mol. The Balaban J connectivity index is 2.45. The van der Waals surface area contributed by atoms with E-state index >= 15 is 0 Å². The zero-order valence-corrected chi connectivity index (χ0v) is 10.4. The largest absolute Gasteiger partial charge is 0.453 e. The predicted octanol–water partition coefficient (Wildman–Crippen LogP) is 3.88. The fourth-order valence-corrected chi connectivity index (χ4v) is 1.86. The average Bonchev–Trinajstić information content (AvgIpc) is 2.60. The maximum atomic E-state index is 5.52. The van der Waals surface area contributed by atoms with Crippen molar-refractivity contribution in [3.63, 3.8) is 0 Å². The lowest BCUT2D eigenvalue weighted by Gasteiger charge is -2.12. The van der Waals surface area contributed by atoms with Crippen LogP contribution in [0.5, 0.6) is 0 Å². The molecule has 80 valence electrons. The third-order valence-corrected chi connectivity index (χ3v) is 2.81. The molecule has 0 aliphatic rings. The first-order valence-corrected chi connectivity index (χ1v) is 5.99. The second kappa shape index (κ2) is 6.25. The molecular weight excluding hydrogens is 242 g/mol. The van der Waals surface area contributed by atoms with Crippen LogP contribution in [-0.2, 0) is 0 Å². The van der Waals surface area contributed by atoms with Crippen molar-refractivity contribution in [2.24, 2.45) is 0 Å². The number of furan rings is 1. The highest BCUT2D eigenvalue weighted by molar-refractivity contribution is 9.10. The molecule has 0 spiro atoms. The van der Waals surface area contributed by atoms with Gasteiger partial charge in [-0.3, -0.25) is 0 Å². The Morgan fingerprint density at radius 3 is 2.71 bits per heavy atom. The summed E-state index contributed by atoms with van der Waals surface area (Å²) in [5.41, 5.74) is 0. The van der Waals surface area contributed by atoms with Crippen molar-refractivity contribution < 1.29 is 4.42 Å². The lowest BCUT2D eigenvalue weighted by Crippen LogP contribution is -2.15. The van der Waals surface area contributed by atoms with Gasteiger partial charge in [0.15, 0.2) is 4.67 Å². The van der Waals surface area contributed by atoms with Gasteiger partial charge in [-0.05, 0) is 41.5 Å². The number of hydrogen-bond acceptors (Lipinski definition) is 2. The van der Waals surface area contributed by atoms with Gasteiger partial charge in [-0.15, -0.1) is 0 Å². The van der Waals surface area contributed by atoms with Gasteiger partial charge < -0.3 is 9.73 Å². The van der Waals surface area contributed by atoms with Crippen LogP contribution in [0.4, 0.5) is 0 Å². The lowest BCUT2D eigenvalue weighted by molar-refractivity contribution is 0.394. The standard InChI is InChI=1S/C11H18BrNO/c1-3-4-5-6-9(13-2)10-7-8-11(12)14-10/h7-9,13H,3-6H2,1-2H3. The van der Waals surface area contributed by atoms with E-state index in [1.165, 1.54) is 19.3 Å². The second-order valence-electron chi connectivity index (χ2n) is 3.48. The fourth-order valence-electron chi connectivity index (χ4n) is 1.54. The maximum absolute atomic E-state index is 5.52. The third kappa shape index (κ3) is 3.46. The van der Waals surface area contributed by atoms with E-state index in [0.717, 1.165) is 16.9 Å². The maximum Gasteiger partial charge on any atom is 0.169 e. The summed E-state index contributed by atoms with van der Waals surface area (Å²) in [7, 11) is 1.98. The molecule has 0 aliphatic heterocycles. The Morgan fingerprint density at radius 2 is 2.21 bits per heavy atom. The highest BCUT2D eigenvalue weighted by Gasteiger charge is 2.12. The number of halogens is 1. The first-order chi connectivity index (χ1) is 6.77. The highest BCUT2D eigenvalue weighted by atomic mass is 79.9. The molecule has 1 N–H and O–H groups in total. The smallest absolute Gasteiger partial charge is 0.169 e. The minimum absolute atomic E-state index is 0.354. The number of hydrogen-bond donors (Lipinski definition) is 1. The van der Waals surface area contributed by atoms with Crippen molar-refractivity contribution in [3.8, 4) is 0 Å². The second-order valence-corrected chi connectivity index (χ2v) is 4.26. The number of nitrogens with one attached hydrogen (secondary N) is 1. The van der Waals surface area contributed by atoms with Crippen LogP contribution >= 0.6 is 15.9 Å². The summed E-state index contributed by atoms with van der Waals surface area (Å²) in [4.78, 5) is 0. The average molecular weight is 260 g/mol. The molecule has 0 radical (unpaired) electrons. The number of rotatable bonds is 6. The molecule has 0 bridgehead atoms. The number of unbranched alkanes of at least 4 members (excludes halogenated alkanes) is 2. The van der Waals surface area contributed by atoms with Gasteiger partial charge in [0.25, 0.3) is 0 Å². The summed E-state index contributed by atoms with van der Waals surface area (Å²) in [6, 6.07) is 4.32. The molecule has 0 aliphatic carbocycles. The molecule has 1 aromatic rings.